The molecule has 1 aliphatic carbocycles. The van der Waals surface area contributed by atoms with Gasteiger partial charge in [-0.25, -0.2) is 9.07 Å². The number of amides is 1. The second-order valence-corrected chi connectivity index (χ2v) is 11.4. The predicted octanol–water partition coefficient (Wildman–Crippen LogP) is 4.51. The minimum atomic E-state index is -4.48. The Morgan fingerprint density at radius 2 is 1.88 bits per heavy atom. The quantitative estimate of drug-likeness (QED) is 0.371. The van der Waals surface area contributed by atoms with Crippen molar-refractivity contribution in [3.8, 4) is 0 Å². The first kappa shape index (κ1) is 28.0. The van der Waals surface area contributed by atoms with Crippen LogP contribution in [0.3, 0.4) is 0 Å². The number of rotatable bonds is 8. The minimum absolute atomic E-state index is 0.0595. The number of anilines is 2. The lowest BCUT2D eigenvalue weighted by Crippen LogP contribution is -2.53. The van der Waals surface area contributed by atoms with Gasteiger partial charge in [0.2, 0.25) is 11.9 Å². The highest BCUT2D eigenvalue weighted by atomic mass is 35.5. The first-order valence-corrected chi connectivity index (χ1v) is 14.3. The lowest BCUT2D eigenvalue weighted by Gasteiger charge is -2.40. The van der Waals surface area contributed by atoms with Crippen molar-refractivity contribution >= 4 is 40.3 Å². The number of fused-ring (bicyclic) bond motifs is 1. The van der Waals surface area contributed by atoms with Gasteiger partial charge in [-0.1, -0.05) is 17.7 Å². The standard InChI is InChI=1S/C27H31ClF4N8O/c28-21-12-17(29)4-3-16(21)13-34-23-20-14-35-39(15-27(30,31)32)24(20)37-26(36-23)38-10-7-19(8-11-38)40(18-5-6-18)25(41)22-2-1-9-33-22/h3-4,12,14,18-19,22,33H,1-2,5-11,13,15H2,(H,34,36,37). The third-order valence-electron chi connectivity index (χ3n) is 7.97. The highest BCUT2D eigenvalue weighted by Crippen LogP contribution is 2.34. The lowest BCUT2D eigenvalue weighted by atomic mass is 10.0. The molecular weight excluding hydrogens is 564 g/mol. The zero-order chi connectivity index (χ0) is 28.7. The van der Waals surface area contributed by atoms with Crippen LogP contribution in [0, 0.1) is 5.82 Å². The van der Waals surface area contributed by atoms with Crippen molar-refractivity contribution < 1.29 is 22.4 Å². The maximum Gasteiger partial charge on any atom is 0.408 e. The van der Waals surface area contributed by atoms with Crippen LogP contribution in [0.25, 0.3) is 11.0 Å². The Bertz CT molecular complexity index is 1410. The third kappa shape index (κ3) is 6.20. The molecule has 3 aliphatic rings. The number of carbonyl (C=O) groups excluding carboxylic acids is 1. The van der Waals surface area contributed by atoms with Crippen LogP contribution in [-0.4, -0.2) is 74.5 Å². The number of benzene rings is 1. The Hall–Kier alpha value is -3.19. The van der Waals surface area contributed by atoms with Crippen LogP contribution >= 0.6 is 11.6 Å². The van der Waals surface area contributed by atoms with Gasteiger partial charge in [-0.3, -0.25) is 4.79 Å². The van der Waals surface area contributed by atoms with E-state index in [0.717, 1.165) is 36.9 Å². The summed E-state index contributed by atoms with van der Waals surface area (Å²) in [6.45, 7) is 0.863. The van der Waals surface area contributed by atoms with Gasteiger partial charge in [0.25, 0.3) is 0 Å². The normalized spacial score (nSPS) is 20.1. The number of hydrogen-bond donors (Lipinski definition) is 2. The Morgan fingerprint density at radius 3 is 2.54 bits per heavy atom. The summed E-state index contributed by atoms with van der Waals surface area (Å²) in [7, 11) is 0. The molecule has 1 amide bonds. The Balaban J connectivity index is 1.24. The van der Waals surface area contributed by atoms with Gasteiger partial charge in [0.1, 0.15) is 18.2 Å². The van der Waals surface area contributed by atoms with E-state index in [9.17, 15) is 22.4 Å². The molecule has 2 saturated heterocycles. The largest absolute Gasteiger partial charge is 0.408 e. The fraction of sp³-hybridized carbons (Fsp3) is 0.556. The summed E-state index contributed by atoms with van der Waals surface area (Å²) in [6, 6.07) is 4.30. The second kappa shape index (κ2) is 11.2. The first-order valence-electron chi connectivity index (χ1n) is 13.9. The molecule has 0 spiro atoms. The summed E-state index contributed by atoms with van der Waals surface area (Å²) in [4.78, 5) is 26.5. The van der Waals surface area contributed by atoms with Gasteiger partial charge in [0.05, 0.1) is 17.6 Å². The van der Waals surface area contributed by atoms with E-state index in [-0.39, 0.29) is 41.2 Å². The molecule has 220 valence electrons. The highest BCUT2D eigenvalue weighted by molar-refractivity contribution is 6.31. The van der Waals surface area contributed by atoms with E-state index in [1.54, 1.807) is 0 Å². The molecule has 3 aromatic rings. The molecule has 2 aliphatic heterocycles. The number of alkyl halides is 3. The summed E-state index contributed by atoms with van der Waals surface area (Å²) in [6.07, 6.45) is 2.16. The van der Waals surface area contributed by atoms with Crippen LogP contribution in [-0.2, 0) is 17.9 Å². The molecule has 2 N–H and O–H groups in total. The molecule has 6 rings (SSSR count). The molecule has 1 saturated carbocycles. The molecule has 0 bridgehead atoms. The van der Waals surface area contributed by atoms with Gasteiger partial charge in [-0.15, -0.1) is 0 Å². The number of aromatic nitrogens is 4. The van der Waals surface area contributed by atoms with Crippen molar-refractivity contribution in [3.63, 3.8) is 0 Å². The predicted molar refractivity (Wildman–Crippen MR) is 146 cm³/mol. The molecule has 1 aromatic carbocycles. The van der Waals surface area contributed by atoms with Crippen molar-refractivity contribution in [2.45, 2.75) is 75.9 Å². The minimum Gasteiger partial charge on any atom is -0.365 e. The molecule has 41 heavy (non-hydrogen) atoms. The number of nitrogens with one attached hydrogen (secondary N) is 2. The molecule has 1 atom stereocenters. The molecular formula is C27H31ClF4N8O. The van der Waals surface area contributed by atoms with E-state index in [2.05, 4.69) is 30.6 Å². The lowest BCUT2D eigenvalue weighted by molar-refractivity contribution is -0.142. The Labute approximate surface area is 239 Å². The highest BCUT2D eigenvalue weighted by Gasteiger charge is 2.41. The molecule has 1 unspecified atom stereocenters. The maximum absolute atomic E-state index is 13.5. The van der Waals surface area contributed by atoms with Crippen molar-refractivity contribution in [2.75, 3.05) is 29.9 Å². The van der Waals surface area contributed by atoms with Gasteiger partial charge >= 0.3 is 6.18 Å². The van der Waals surface area contributed by atoms with Crippen molar-refractivity contribution in [1.82, 2.24) is 30.0 Å². The monoisotopic (exact) mass is 594 g/mol. The van der Waals surface area contributed by atoms with Crippen LogP contribution in [0.2, 0.25) is 5.02 Å². The van der Waals surface area contributed by atoms with Crippen molar-refractivity contribution in [3.05, 3.63) is 40.8 Å². The number of carbonyl (C=O) groups is 1. The van der Waals surface area contributed by atoms with Gasteiger partial charge in [-0.05, 0) is 62.8 Å². The van der Waals surface area contributed by atoms with Gasteiger partial charge < -0.3 is 20.4 Å². The Kier molecular flexibility index (Phi) is 7.66. The molecule has 3 fully saturated rings. The second-order valence-electron chi connectivity index (χ2n) is 11.0. The SMILES string of the molecule is O=C(C1CCCN1)N(C1CC1)C1CCN(c2nc(NCc3ccc(F)cc3Cl)c3cnn(CC(F)(F)F)c3n2)CC1. The van der Waals surface area contributed by atoms with E-state index in [0.29, 0.717) is 48.7 Å². The van der Waals surface area contributed by atoms with Gasteiger partial charge in [0, 0.05) is 36.7 Å². The number of halogens is 5. The first-order chi connectivity index (χ1) is 19.7. The summed E-state index contributed by atoms with van der Waals surface area (Å²) in [5.74, 6) is 0.309. The third-order valence-corrected chi connectivity index (χ3v) is 8.32. The van der Waals surface area contributed by atoms with E-state index in [1.165, 1.54) is 24.4 Å². The maximum atomic E-state index is 13.5. The van der Waals surface area contributed by atoms with Gasteiger partial charge in [0.15, 0.2) is 5.65 Å². The molecule has 14 heteroatoms. The topological polar surface area (TPSA) is 91.2 Å². The number of nitrogens with zero attached hydrogens (tertiary/aromatic N) is 6. The molecule has 4 heterocycles. The number of piperidine rings is 1. The van der Waals surface area contributed by atoms with E-state index in [1.807, 2.05) is 4.90 Å². The Morgan fingerprint density at radius 1 is 1.12 bits per heavy atom. The average Bonchev–Trinajstić information content (AvgIpc) is 3.44. The molecule has 0 radical (unpaired) electrons. The number of hydrogen-bond acceptors (Lipinski definition) is 7. The summed E-state index contributed by atoms with van der Waals surface area (Å²) in [5, 5.41) is 11.0. The fourth-order valence-electron chi connectivity index (χ4n) is 5.78. The summed E-state index contributed by atoms with van der Waals surface area (Å²) >= 11 is 6.18. The van der Waals surface area contributed by atoms with E-state index >= 15 is 0 Å². The zero-order valence-corrected chi connectivity index (χ0v) is 23.1. The van der Waals surface area contributed by atoms with Crippen LogP contribution in [0.5, 0.6) is 0 Å². The van der Waals surface area contributed by atoms with Crippen molar-refractivity contribution in [2.24, 2.45) is 0 Å². The van der Waals surface area contributed by atoms with Crippen molar-refractivity contribution in [1.29, 1.82) is 0 Å². The zero-order valence-electron chi connectivity index (χ0n) is 22.3. The molecule has 2 aromatic heterocycles. The summed E-state index contributed by atoms with van der Waals surface area (Å²) < 4.78 is 54.2. The van der Waals surface area contributed by atoms with Crippen LogP contribution < -0.4 is 15.5 Å². The van der Waals surface area contributed by atoms with E-state index < -0.39 is 18.5 Å². The summed E-state index contributed by atoms with van der Waals surface area (Å²) in [5.41, 5.74) is 0.663. The fourth-order valence-corrected chi connectivity index (χ4v) is 6.01. The van der Waals surface area contributed by atoms with E-state index in [4.69, 9.17) is 11.6 Å². The molecule has 9 nitrogen and oxygen atoms in total. The smallest absolute Gasteiger partial charge is 0.365 e. The van der Waals surface area contributed by atoms with Crippen LogP contribution in [0.1, 0.15) is 44.1 Å². The van der Waals surface area contributed by atoms with Crippen LogP contribution in [0.15, 0.2) is 24.4 Å². The van der Waals surface area contributed by atoms with Crippen LogP contribution in [0.4, 0.5) is 29.3 Å². The average molecular weight is 595 g/mol. The van der Waals surface area contributed by atoms with Gasteiger partial charge in [-0.2, -0.15) is 28.2 Å².